The molecule has 0 aliphatic carbocycles. The lowest BCUT2D eigenvalue weighted by molar-refractivity contribution is -0.127. The first-order chi connectivity index (χ1) is 6.74. The normalized spacial score (nSPS) is 19.0. The molecule has 1 rings (SSSR count). The summed E-state index contributed by atoms with van der Waals surface area (Å²) in [5.74, 6) is 0.350. The number of carbonyl (C=O) groups is 1. The van der Waals surface area contributed by atoms with Crippen molar-refractivity contribution in [2.24, 2.45) is 0 Å². The highest BCUT2D eigenvalue weighted by Crippen LogP contribution is 2.13. The minimum absolute atomic E-state index is 0.350. The highest BCUT2D eigenvalue weighted by atomic mass is 32.1. The second-order valence-corrected chi connectivity index (χ2v) is 4.77. The van der Waals surface area contributed by atoms with E-state index in [1.807, 2.05) is 4.90 Å². The van der Waals surface area contributed by atoms with Crippen LogP contribution in [0, 0.1) is 0 Å². The maximum atomic E-state index is 11.3. The molecule has 1 aliphatic rings. The van der Waals surface area contributed by atoms with Gasteiger partial charge in [0.05, 0.1) is 0 Å². The van der Waals surface area contributed by atoms with Crippen LogP contribution in [-0.2, 0) is 4.79 Å². The largest absolute Gasteiger partial charge is 0.343 e. The van der Waals surface area contributed by atoms with Crippen molar-refractivity contribution in [2.45, 2.75) is 50.7 Å². The number of amides is 1. The zero-order chi connectivity index (χ0) is 10.4. The number of thiol groups is 1. The van der Waals surface area contributed by atoms with Crippen molar-refractivity contribution in [3.05, 3.63) is 0 Å². The van der Waals surface area contributed by atoms with Gasteiger partial charge in [0.15, 0.2) is 0 Å². The predicted molar refractivity (Wildman–Crippen MR) is 62.7 cm³/mol. The molecule has 0 spiro atoms. The molecule has 0 aromatic rings. The Morgan fingerprint density at radius 1 is 1.50 bits per heavy atom. The van der Waals surface area contributed by atoms with Crippen LogP contribution < -0.4 is 0 Å². The van der Waals surface area contributed by atoms with Crippen LogP contribution in [-0.4, -0.2) is 29.1 Å². The summed E-state index contributed by atoms with van der Waals surface area (Å²) in [5.41, 5.74) is 0. The second kappa shape index (κ2) is 6.33. The van der Waals surface area contributed by atoms with Gasteiger partial charge in [-0.3, -0.25) is 4.79 Å². The van der Waals surface area contributed by atoms with Gasteiger partial charge in [-0.05, 0) is 25.7 Å². The van der Waals surface area contributed by atoms with Gasteiger partial charge in [0.1, 0.15) is 0 Å². The zero-order valence-corrected chi connectivity index (χ0v) is 9.93. The van der Waals surface area contributed by atoms with Crippen molar-refractivity contribution in [3.8, 4) is 0 Å². The Bertz CT molecular complexity index is 184. The first kappa shape index (κ1) is 11.9. The molecule has 82 valence electrons. The molecule has 1 unspecified atom stereocenters. The minimum Gasteiger partial charge on any atom is -0.343 e. The Hall–Kier alpha value is -0.180. The summed E-state index contributed by atoms with van der Waals surface area (Å²) in [6.07, 6.45) is 6.50. The minimum atomic E-state index is 0.350. The van der Waals surface area contributed by atoms with Crippen LogP contribution in [0.3, 0.4) is 0 Å². The molecule has 1 saturated heterocycles. The summed E-state index contributed by atoms with van der Waals surface area (Å²) < 4.78 is 0. The third-order valence-electron chi connectivity index (χ3n) is 2.86. The molecule has 1 heterocycles. The van der Waals surface area contributed by atoms with E-state index in [0.717, 1.165) is 38.8 Å². The Morgan fingerprint density at radius 2 is 2.29 bits per heavy atom. The highest BCUT2D eigenvalue weighted by molar-refractivity contribution is 7.80. The van der Waals surface area contributed by atoms with E-state index < -0.39 is 0 Å². The summed E-state index contributed by atoms with van der Waals surface area (Å²) in [5, 5.41) is 0.546. The van der Waals surface area contributed by atoms with E-state index in [1.54, 1.807) is 0 Å². The lowest BCUT2D eigenvalue weighted by atomic mass is 10.1. The summed E-state index contributed by atoms with van der Waals surface area (Å²) in [6.45, 7) is 4.11. The lowest BCUT2D eigenvalue weighted by Crippen LogP contribution is -2.25. The summed E-state index contributed by atoms with van der Waals surface area (Å²) >= 11 is 4.45. The molecule has 2 nitrogen and oxygen atoms in total. The SMILES string of the molecule is CCC(S)CCCCN1CCCC1=O. The van der Waals surface area contributed by atoms with E-state index in [-0.39, 0.29) is 0 Å². The van der Waals surface area contributed by atoms with Crippen molar-refractivity contribution in [1.82, 2.24) is 4.90 Å². The van der Waals surface area contributed by atoms with Gasteiger partial charge < -0.3 is 4.90 Å². The highest BCUT2D eigenvalue weighted by Gasteiger charge is 2.18. The van der Waals surface area contributed by atoms with E-state index in [2.05, 4.69) is 19.6 Å². The van der Waals surface area contributed by atoms with Crippen LogP contribution in [0.4, 0.5) is 0 Å². The Morgan fingerprint density at radius 3 is 2.86 bits per heavy atom. The van der Waals surface area contributed by atoms with E-state index in [0.29, 0.717) is 11.2 Å². The van der Waals surface area contributed by atoms with Crippen molar-refractivity contribution in [1.29, 1.82) is 0 Å². The number of likely N-dealkylation sites (tertiary alicyclic amines) is 1. The van der Waals surface area contributed by atoms with Crippen LogP contribution in [0.15, 0.2) is 0 Å². The second-order valence-electron chi connectivity index (χ2n) is 4.04. The summed E-state index contributed by atoms with van der Waals surface area (Å²) in [6, 6.07) is 0. The maximum Gasteiger partial charge on any atom is 0.222 e. The Kier molecular flexibility index (Phi) is 5.38. The smallest absolute Gasteiger partial charge is 0.222 e. The molecule has 0 radical (unpaired) electrons. The van der Waals surface area contributed by atoms with Gasteiger partial charge in [0, 0.05) is 24.8 Å². The van der Waals surface area contributed by atoms with E-state index >= 15 is 0 Å². The van der Waals surface area contributed by atoms with Crippen LogP contribution in [0.1, 0.15) is 45.4 Å². The van der Waals surface area contributed by atoms with Gasteiger partial charge in [-0.2, -0.15) is 12.6 Å². The average Bonchev–Trinajstić information content (AvgIpc) is 2.58. The number of hydrogen-bond donors (Lipinski definition) is 1. The first-order valence-corrected chi connectivity index (χ1v) is 6.21. The van der Waals surface area contributed by atoms with E-state index in [9.17, 15) is 4.79 Å². The third kappa shape index (κ3) is 3.91. The van der Waals surface area contributed by atoms with Crippen LogP contribution in [0.5, 0.6) is 0 Å². The molecule has 1 fully saturated rings. The zero-order valence-electron chi connectivity index (χ0n) is 9.04. The fraction of sp³-hybridized carbons (Fsp3) is 0.909. The van der Waals surface area contributed by atoms with Gasteiger partial charge in [-0.25, -0.2) is 0 Å². The number of unbranched alkanes of at least 4 members (excludes halogenated alkanes) is 1. The van der Waals surface area contributed by atoms with Crippen LogP contribution >= 0.6 is 12.6 Å². The standard InChI is InChI=1S/C11H21NOS/c1-2-10(14)6-3-4-8-12-9-5-7-11(12)13/h10,14H,2-9H2,1H3. The quantitative estimate of drug-likeness (QED) is 0.533. The molecule has 0 aromatic heterocycles. The molecule has 1 amide bonds. The van der Waals surface area contributed by atoms with Crippen LogP contribution in [0.25, 0.3) is 0 Å². The van der Waals surface area contributed by atoms with Gasteiger partial charge in [-0.15, -0.1) is 0 Å². The fourth-order valence-corrected chi connectivity index (χ4v) is 2.01. The molecule has 1 aliphatic heterocycles. The number of hydrogen-bond acceptors (Lipinski definition) is 2. The Labute approximate surface area is 92.5 Å². The molecular formula is C11H21NOS. The molecule has 0 aromatic carbocycles. The van der Waals surface area contributed by atoms with Crippen molar-refractivity contribution >= 4 is 18.5 Å². The molecule has 0 N–H and O–H groups in total. The molecule has 1 atom stereocenters. The number of nitrogens with zero attached hydrogens (tertiary/aromatic N) is 1. The molecule has 3 heteroatoms. The summed E-state index contributed by atoms with van der Waals surface area (Å²) in [7, 11) is 0. The summed E-state index contributed by atoms with van der Waals surface area (Å²) in [4.78, 5) is 13.3. The molecule has 0 bridgehead atoms. The molecular weight excluding hydrogens is 194 g/mol. The van der Waals surface area contributed by atoms with E-state index in [4.69, 9.17) is 0 Å². The fourth-order valence-electron chi connectivity index (χ4n) is 1.83. The predicted octanol–water partition coefficient (Wildman–Crippen LogP) is 2.49. The van der Waals surface area contributed by atoms with E-state index in [1.165, 1.54) is 12.8 Å². The number of rotatable bonds is 6. The maximum absolute atomic E-state index is 11.3. The van der Waals surface area contributed by atoms with Crippen molar-refractivity contribution in [3.63, 3.8) is 0 Å². The number of carbonyl (C=O) groups excluding carboxylic acids is 1. The van der Waals surface area contributed by atoms with Crippen molar-refractivity contribution < 1.29 is 4.79 Å². The van der Waals surface area contributed by atoms with Crippen LogP contribution in [0.2, 0.25) is 0 Å². The lowest BCUT2D eigenvalue weighted by Gasteiger charge is -2.15. The van der Waals surface area contributed by atoms with Gasteiger partial charge >= 0.3 is 0 Å². The molecule has 0 saturated carbocycles. The van der Waals surface area contributed by atoms with Gasteiger partial charge in [0.2, 0.25) is 5.91 Å². The van der Waals surface area contributed by atoms with Gasteiger partial charge in [0.25, 0.3) is 0 Å². The topological polar surface area (TPSA) is 20.3 Å². The average molecular weight is 215 g/mol. The first-order valence-electron chi connectivity index (χ1n) is 5.70. The van der Waals surface area contributed by atoms with Crippen molar-refractivity contribution in [2.75, 3.05) is 13.1 Å². The Balaban J connectivity index is 2.01. The third-order valence-corrected chi connectivity index (χ3v) is 3.48. The monoisotopic (exact) mass is 215 g/mol. The van der Waals surface area contributed by atoms with Gasteiger partial charge in [-0.1, -0.05) is 13.3 Å². The molecule has 14 heavy (non-hydrogen) atoms.